The molecule has 0 aliphatic heterocycles. The fraction of sp³-hybridized carbons (Fsp3) is 0.214. The standard InChI is InChI=1S/C14H15N3O4/c1-9(15)12-5-4-11(8-16-12)21-13-6-3-10(17(18)19)7-14(13)20-2/h3-9H,15H2,1-2H3/t9-/m1/s1. The van der Waals surface area contributed by atoms with Gasteiger partial charge in [0.05, 0.1) is 30.0 Å². The molecule has 2 rings (SSSR count). The summed E-state index contributed by atoms with van der Waals surface area (Å²) in [7, 11) is 1.42. The maximum atomic E-state index is 10.7. The number of nitrogens with zero attached hydrogens (tertiary/aromatic N) is 2. The molecular weight excluding hydrogens is 274 g/mol. The van der Waals surface area contributed by atoms with E-state index in [0.29, 0.717) is 11.5 Å². The van der Waals surface area contributed by atoms with Crippen molar-refractivity contribution in [3.63, 3.8) is 0 Å². The number of hydrogen-bond donors (Lipinski definition) is 1. The van der Waals surface area contributed by atoms with Gasteiger partial charge in [0.25, 0.3) is 5.69 Å². The minimum Gasteiger partial charge on any atom is -0.493 e. The van der Waals surface area contributed by atoms with Gasteiger partial charge in [0, 0.05) is 12.1 Å². The van der Waals surface area contributed by atoms with Crippen LogP contribution in [0.25, 0.3) is 0 Å². The van der Waals surface area contributed by atoms with Crippen LogP contribution < -0.4 is 15.2 Å². The van der Waals surface area contributed by atoms with E-state index in [9.17, 15) is 10.1 Å². The molecule has 21 heavy (non-hydrogen) atoms. The van der Waals surface area contributed by atoms with Gasteiger partial charge in [0.2, 0.25) is 0 Å². The van der Waals surface area contributed by atoms with Crippen molar-refractivity contribution < 1.29 is 14.4 Å². The Kier molecular flexibility index (Phi) is 4.34. The van der Waals surface area contributed by atoms with E-state index >= 15 is 0 Å². The summed E-state index contributed by atoms with van der Waals surface area (Å²) >= 11 is 0. The lowest BCUT2D eigenvalue weighted by Gasteiger charge is -2.10. The number of methoxy groups -OCH3 is 1. The Morgan fingerprint density at radius 3 is 2.57 bits per heavy atom. The molecule has 0 radical (unpaired) electrons. The summed E-state index contributed by atoms with van der Waals surface area (Å²) in [4.78, 5) is 14.4. The van der Waals surface area contributed by atoms with Crippen molar-refractivity contribution in [2.24, 2.45) is 5.73 Å². The maximum absolute atomic E-state index is 10.7. The molecule has 7 nitrogen and oxygen atoms in total. The van der Waals surface area contributed by atoms with Crippen molar-refractivity contribution in [2.45, 2.75) is 13.0 Å². The quantitative estimate of drug-likeness (QED) is 0.671. The summed E-state index contributed by atoms with van der Waals surface area (Å²) in [5.74, 6) is 1.14. The second kappa shape index (κ2) is 6.19. The Morgan fingerprint density at radius 1 is 1.29 bits per heavy atom. The zero-order valence-corrected chi connectivity index (χ0v) is 11.6. The number of ether oxygens (including phenoxy) is 2. The summed E-state index contributed by atoms with van der Waals surface area (Å²) in [6.45, 7) is 1.84. The maximum Gasteiger partial charge on any atom is 0.273 e. The van der Waals surface area contributed by atoms with Gasteiger partial charge < -0.3 is 15.2 Å². The van der Waals surface area contributed by atoms with Crippen LogP contribution in [-0.4, -0.2) is 17.0 Å². The van der Waals surface area contributed by atoms with Gasteiger partial charge in [0.1, 0.15) is 5.75 Å². The largest absolute Gasteiger partial charge is 0.493 e. The first-order valence-corrected chi connectivity index (χ1v) is 6.23. The number of pyridine rings is 1. The van der Waals surface area contributed by atoms with Crippen LogP contribution in [0.15, 0.2) is 36.5 Å². The minimum atomic E-state index is -0.495. The molecule has 1 aromatic heterocycles. The molecule has 0 spiro atoms. The smallest absolute Gasteiger partial charge is 0.273 e. The van der Waals surface area contributed by atoms with E-state index in [1.54, 1.807) is 18.3 Å². The Morgan fingerprint density at radius 2 is 2.05 bits per heavy atom. The van der Waals surface area contributed by atoms with Crippen LogP contribution in [0.5, 0.6) is 17.2 Å². The summed E-state index contributed by atoms with van der Waals surface area (Å²) in [6, 6.07) is 7.47. The summed E-state index contributed by atoms with van der Waals surface area (Å²) in [5.41, 5.74) is 6.40. The fourth-order valence-corrected chi connectivity index (χ4v) is 1.70. The molecule has 0 aliphatic carbocycles. The van der Waals surface area contributed by atoms with E-state index < -0.39 is 4.92 Å². The third kappa shape index (κ3) is 3.46. The lowest BCUT2D eigenvalue weighted by molar-refractivity contribution is -0.384. The van der Waals surface area contributed by atoms with E-state index in [2.05, 4.69) is 4.98 Å². The van der Waals surface area contributed by atoms with Crippen molar-refractivity contribution in [1.82, 2.24) is 4.98 Å². The van der Waals surface area contributed by atoms with Crippen molar-refractivity contribution in [1.29, 1.82) is 0 Å². The average Bonchev–Trinajstić information content (AvgIpc) is 2.48. The van der Waals surface area contributed by atoms with Crippen LogP contribution in [0.3, 0.4) is 0 Å². The van der Waals surface area contributed by atoms with Gasteiger partial charge in [-0.15, -0.1) is 0 Å². The second-order valence-electron chi connectivity index (χ2n) is 4.40. The first-order valence-electron chi connectivity index (χ1n) is 6.23. The molecule has 0 aliphatic rings. The zero-order chi connectivity index (χ0) is 15.4. The molecule has 0 bridgehead atoms. The zero-order valence-electron chi connectivity index (χ0n) is 11.6. The minimum absolute atomic E-state index is 0.0652. The van der Waals surface area contributed by atoms with Crippen molar-refractivity contribution in [3.05, 3.63) is 52.3 Å². The number of benzene rings is 1. The molecule has 1 atom stereocenters. The fourth-order valence-electron chi connectivity index (χ4n) is 1.70. The monoisotopic (exact) mass is 289 g/mol. The first kappa shape index (κ1) is 14.7. The third-order valence-corrected chi connectivity index (χ3v) is 2.81. The lowest BCUT2D eigenvalue weighted by atomic mass is 10.2. The van der Waals surface area contributed by atoms with E-state index in [1.807, 2.05) is 6.92 Å². The van der Waals surface area contributed by atoms with Gasteiger partial charge in [-0.25, -0.2) is 0 Å². The molecular formula is C14H15N3O4. The van der Waals surface area contributed by atoms with Crippen molar-refractivity contribution >= 4 is 5.69 Å². The number of aromatic nitrogens is 1. The van der Waals surface area contributed by atoms with Gasteiger partial charge in [-0.2, -0.15) is 0 Å². The normalized spacial score (nSPS) is 11.8. The first-order chi connectivity index (χ1) is 10.0. The lowest BCUT2D eigenvalue weighted by Crippen LogP contribution is -2.06. The van der Waals surface area contributed by atoms with Crippen molar-refractivity contribution in [3.8, 4) is 17.2 Å². The SMILES string of the molecule is COc1cc([N+](=O)[O-])ccc1Oc1ccc([C@@H](C)N)nc1. The van der Waals surface area contributed by atoms with E-state index in [4.69, 9.17) is 15.2 Å². The van der Waals surface area contributed by atoms with E-state index in [-0.39, 0.29) is 17.5 Å². The van der Waals surface area contributed by atoms with E-state index in [0.717, 1.165) is 5.69 Å². The number of nitrogens with two attached hydrogens (primary N) is 1. The molecule has 2 N–H and O–H groups in total. The average molecular weight is 289 g/mol. The number of rotatable bonds is 5. The Balaban J connectivity index is 2.24. The van der Waals surface area contributed by atoms with E-state index in [1.165, 1.54) is 25.3 Å². The summed E-state index contributed by atoms with van der Waals surface area (Å²) in [6.07, 6.45) is 1.54. The van der Waals surface area contributed by atoms with Gasteiger partial charge in [-0.3, -0.25) is 15.1 Å². The highest BCUT2D eigenvalue weighted by molar-refractivity contribution is 5.50. The van der Waals surface area contributed by atoms with Gasteiger partial charge in [-0.1, -0.05) is 0 Å². The number of nitro groups is 1. The second-order valence-corrected chi connectivity index (χ2v) is 4.40. The molecule has 0 fully saturated rings. The predicted octanol–water partition coefficient (Wildman–Crippen LogP) is 2.81. The highest BCUT2D eigenvalue weighted by atomic mass is 16.6. The Hall–Kier alpha value is -2.67. The van der Waals surface area contributed by atoms with Gasteiger partial charge in [-0.05, 0) is 25.1 Å². The Bertz CT molecular complexity index is 641. The molecule has 1 heterocycles. The third-order valence-electron chi connectivity index (χ3n) is 2.81. The van der Waals surface area contributed by atoms with Crippen LogP contribution in [0.1, 0.15) is 18.7 Å². The summed E-state index contributed by atoms with van der Waals surface area (Å²) < 4.78 is 10.7. The van der Waals surface area contributed by atoms with Crippen LogP contribution in [-0.2, 0) is 0 Å². The topological polar surface area (TPSA) is 101 Å². The van der Waals surface area contributed by atoms with Crippen LogP contribution in [0.4, 0.5) is 5.69 Å². The molecule has 0 saturated carbocycles. The van der Waals surface area contributed by atoms with Crippen LogP contribution in [0.2, 0.25) is 0 Å². The molecule has 0 amide bonds. The van der Waals surface area contributed by atoms with Crippen LogP contribution in [0, 0.1) is 10.1 Å². The van der Waals surface area contributed by atoms with Crippen molar-refractivity contribution in [2.75, 3.05) is 7.11 Å². The predicted molar refractivity (Wildman–Crippen MR) is 76.6 cm³/mol. The molecule has 1 aromatic carbocycles. The molecule has 0 unspecified atom stereocenters. The molecule has 7 heteroatoms. The van der Waals surface area contributed by atoms with Gasteiger partial charge in [0.15, 0.2) is 11.5 Å². The van der Waals surface area contributed by atoms with Gasteiger partial charge >= 0.3 is 0 Å². The summed E-state index contributed by atoms with van der Waals surface area (Å²) in [5, 5.41) is 10.7. The molecule has 0 saturated heterocycles. The van der Waals surface area contributed by atoms with Crippen LogP contribution >= 0.6 is 0 Å². The molecule has 2 aromatic rings. The highest BCUT2D eigenvalue weighted by Crippen LogP contribution is 2.34. The number of nitro benzene ring substituents is 1. The molecule has 110 valence electrons. The Labute approximate surface area is 121 Å². The number of hydrogen-bond acceptors (Lipinski definition) is 6. The number of non-ortho nitro benzene ring substituents is 1. The highest BCUT2D eigenvalue weighted by Gasteiger charge is 2.13.